The predicted octanol–water partition coefficient (Wildman–Crippen LogP) is 2.88. The second kappa shape index (κ2) is 4.87. The van der Waals surface area contributed by atoms with Crippen LogP contribution >= 0.6 is 0 Å². The molecular weight excluding hydrogens is 252 g/mol. The van der Waals surface area contributed by atoms with Crippen LogP contribution in [0.25, 0.3) is 0 Å². The second-order valence-corrected chi connectivity index (χ2v) is 7.11. The van der Waals surface area contributed by atoms with Crippen LogP contribution in [0.4, 0.5) is 0 Å². The third kappa shape index (κ3) is 2.04. The van der Waals surface area contributed by atoms with E-state index in [4.69, 9.17) is 0 Å². The van der Waals surface area contributed by atoms with Gasteiger partial charge in [-0.25, -0.2) is 0 Å². The van der Waals surface area contributed by atoms with Crippen LogP contribution in [0.5, 0.6) is 0 Å². The van der Waals surface area contributed by atoms with Gasteiger partial charge >= 0.3 is 0 Å². The van der Waals surface area contributed by atoms with E-state index in [1.165, 1.54) is 4.90 Å². The highest BCUT2D eigenvalue weighted by atomic mass is 16.2. The Morgan fingerprint density at radius 3 is 2.25 bits per heavy atom. The number of rotatable bonds is 2. The molecule has 2 amide bonds. The van der Waals surface area contributed by atoms with Crippen molar-refractivity contribution < 1.29 is 9.59 Å². The third-order valence-corrected chi connectivity index (χ3v) is 5.47. The largest absolute Gasteiger partial charge is 0.274 e. The molecule has 1 saturated heterocycles. The van der Waals surface area contributed by atoms with Gasteiger partial charge in [0.25, 0.3) is 0 Å². The van der Waals surface area contributed by atoms with E-state index >= 15 is 0 Å². The molecule has 2 fully saturated rings. The summed E-state index contributed by atoms with van der Waals surface area (Å²) in [6, 6.07) is 2.30. The zero-order valence-corrected chi connectivity index (χ0v) is 12.9. The molecule has 0 N–H and O–H groups in total. The summed E-state index contributed by atoms with van der Waals surface area (Å²) in [5.41, 5.74) is -1.54. The first kappa shape index (κ1) is 15.0. The number of nitrogens with zero attached hydrogens (tertiary/aromatic N) is 2. The summed E-state index contributed by atoms with van der Waals surface area (Å²) in [5.74, 6) is 0.360. The van der Waals surface area contributed by atoms with Gasteiger partial charge in [-0.3, -0.25) is 14.5 Å². The van der Waals surface area contributed by atoms with Gasteiger partial charge in [-0.2, -0.15) is 5.26 Å². The molecular formula is C16H24N2O2. The zero-order chi connectivity index (χ0) is 15.1. The fourth-order valence-electron chi connectivity index (χ4n) is 3.35. The standard InChI is InChI=1S/C16H24N2O2/c1-11(2)15(4)9-13(19)18(14(15)20)16(10-17)7-5-12(3)6-8-16/h11-12H,5-9H2,1-4H3. The molecule has 0 spiro atoms. The van der Waals surface area contributed by atoms with E-state index in [1.54, 1.807) is 0 Å². The molecule has 1 atom stereocenters. The number of carbonyl (C=O) groups excluding carboxylic acids is 2. The van der Waals surface area contributed by atoms with E-state index in [1.807, 2.05) is 20.8 Å². The summed E-state index contributed by atoms with van der Waals surface area (Å²) in [4.78, 5) is 26.5. The molecule has 2 rings (SSSR count). The van der Waals surface area contributed by atoms with Gasteiger partial charge in [-0.1, -0.05) is 20.8 Å². The van der Waals surface area contributed by atoms with E-state index in [-0.39, 0.29) is 24.2 Å². The van der Waals surface area contributed by atoms with Crippen molar-refractivity contribution in [3.63, 3.8) is 0 Å². The molecule has 0 bridgehead atoms. The average molecular weight is 276 g/mol. The number of hydrogen-bond donors (Lipinski definition) is 0. The molecule has 1 heterocycles. The number of carbonyl (C=O) groups is 2. The predicted molar refractivity (Wildman–Crippen MR) is 75.4 cm³/mol. The summed E-state index contributed by atoms with van der Waals surface area (Å²) in [5, 5.41) is 9.64. The second-order valence-electron chi connectivity index (χ2n) is 7.11. The van der Waals surface area contributed by atoms with Crippen molar-refractivity contribution >= 4 is 11.8 Å². The molecule has 1 saturated carbocycles. The van der Waals surface area contributed by atoms with Gasteiger partial charge in [-0.15, -0.1) is 0 Å². The van der Waals surface area contributed by atoms with Crippen molar-refractivity contribution in [1.29, 1.82) is 5.26 Å². The monoisotopic (exact) mass is 276 g/mol. The Balaban J connectivity index is 2.35. The molecule has 0 aromatic rings. The molecule has 0 radical (unpaired) electrons. The first-order valence-electron chi connectivity index (χ1n) is 7.55. The topological polar surface area (TPSA) is 61.2 Å². The highest BCUT2D eigenvalue weighted by Crippen LogP contribution is 2.46. The summed E-state index contributed by atoms with van der Waals surface area (Å²) < 4.78 is 0. The summed E-state index contributed by atoms with van der Waals surface area (Å²) >= 11 is 0. The summed E-state index contributed by atoms with van der Waals surface area (Å²) in [6.07, 6.45) is 3.29. The minimum absolute atomic E-state index is 0.0993. The number of likely N-dealkylation sites (tertiary alicyclic amines) is 1. The zero-order valence-electron chi connectivity index (χ0n) is 12.9. The van der Waals surface area contributed by atoms with E-state index in [2.05, 4.69) is 13.0 Å². The normalized spacial score (nSPS) is 38.4. The summed E-state index contributed by atoms with van der Waals surface area (Å²) in [6.45, 7) is 7.95. The van der Waals surface area contributed by atoms with Gasteiger partial charge in [-0.05, 0) is 44.4 Å². The smallest absolute Gasteiger partial charge is 0.237 e. The Labute approximate surface area is 121 Å². The average Bonchev–Trinajstić information content (AvgIpc) is 2.64. The van der Waals surface area contributed by atoms with Gasteiger partial charge in [0.05, 0.1) is 11.5 Å². The van der Waals surface area contributed by atoms with Gasteiger partial charge in [0.15, 0.2) is 0 Å². The van der Waals surface area contributed by atoms with Crippen molar-refractivity contribution in [3.05, 3.63) is 0 Å². The highest BCUT2D eigenvalue weighted by Gasteiger charge is 2.57. The molecule has 4 nitrogen and oxygen atoms in total. The van der Waals surface area contributed by atoms with Gasteiger partial charge < -0.3 is 0 Å². The maximum atomic E-state index is 12.8. The lowest BCUT2D eigenvalue weighted by Crippen LogP contribution is -2.54. The summed E-state index contributed by atoms with van der Waals surface area (Å²) in [7, 11) is 0. The molecule has 1 aliphatic carbocycles. The van der Waals surface area contributed by atoms with Crippen molar-refractivity contribution in [2.45, 2.75) is 65.3 Å². The Morgan fingerprint density at radius 1 is 1.30 bits per heavy atom. The Hall–Kier alpha value is -1.37. The lowest BCUT2D eigenvalue weighted by molar-refractivity contribution is -0.148. The highest BCUT2D eigenvalue weighted by molar-refractivity contribution is 6.07. The van der Waals surface area contributed by atoms with Crippen molar-refractivity contribution in [2.24, 2.45) is 17.3 Å². The minimum Gasteiger partial charge on any atom is -0.274 e. The fraction of sp³-hybridized carbons (Fsp3) is 0.812. The molecule has 4 heteroatoms. The molecule has 110 valence electrons. The molecule has 0 aromatic heterocycles. The molecule has 1 unspecified atom stereocenters. The minimum atomic E-state index is -0.896. The quantitative estimate of drug-likeness (QED) is 0.729. The van der Waals surface area contributed by atoms with Crippen LogP contribution in [0, 0.1) is 28.6 Å². The number of hydrogen-bond acceptors (Lipinski definition) is 3. The Bertz CT molecular complexity index is 469. The molecule has 1 aliphatic heterocycles. The van der Waals surface area contributed by atoms with Crippen LogP contribution < -0.4 is 0 Å². The lowest BCUT2D eigenvalue weighted by Gasteiger charge is -2.40. The Kier molecular flexibility index (Phi) is 3.66. The molecule has 0 aromatic carbocycles. The van der Waals surface area contributed by atoms with Crippen molar-refractivity contribution in [2.75, 3.05) is 0 Å². The van der Waals surface area contributed by atoms with Crippen LogP contribution in [0.15, 0.2) is 0 Å². The fourth-order valence-corrected chi connectivity index (χ4v) is 3.35. The van der Waals surface area contributed by atoms with Gasteiger partial charge in [0.2, 0.25) is 11.8 Å². The van der Waals surface area contributed by atoms with Crippen LogP contribution in [-0.2, 0) is 9.59 Å². The number of imide groups is 1. The van der Waals surface area contributed by atoms with Gasteiger partial charge in [0, 0.05) is 6.42 Å². The number of nitriles is 1. The van der Waals surface area contributed by atoms with Crippen molar-refractivity contribution in [3.8, 4) is 6.07 Å². The lowest BCUT2D eigenvalue weighted by atomic mass is 9.75. The van der Waals surface area contributed by atoms with Gasteiger partial charge in [0.1, 0.15) is 5.54 Å². The Morgan fingerprint density at radius 2 is 1.85 bits per heavy atom. The molecule has 2 aliphatic rings. The maximum absolute atomic E-state index is 12.8. The van der Waals surface area contributed by atoms with E-state index in [9.17, 15) is 14.9 Å². The first-order valence-corrected chi connectivity index (χ1v) is 7.55. The van der Waals surface area contributed by atoms with E-state index < -0.39 is 11.0 Å². The third-order valence-electron chi connectivity index (χ3n) is 5.47. The number of amides is 2. The van der Waals surface area contributed by atoms with Crippen molar-refractivity contribution in [1.82, 2.24) is 4.90 Å². The van der Waals surface area contributed by atoms with Crippen LogP contribution in [-0.4, -0.2) is 22.3 Å². The first-order chi connectivity index (χ1) is 9.27. The van der Waals surface area contributed by atoms with Crippen LogP contribution in [0.2, 0.25) is 0 Å². The molecule has 20 heavy (non-hydrogen) atoms. The van der Waals surface area contributed by atoms with E-state index in [0.29, 0.717) is 18.8 Å². The van der Waals surface area contributed by atoms with Crippen LogP contribution in [0.1, 0.15) is 59.8 Å². The van der Waals surface area contributed by atoms with Crippen LogP contribution in [0.3, 0.4) is 0 Å². The van der Waals surface area contributed by atoms with E-state index in [0.717, 1.165) is 12.8 Å². The maximum Gasteiger partial charge on any atom is 0.237 e. The SMILES string of the molecule is CC1CCC(C#N)(N2C(=O)CC(C)(C(C)C)C2=O)CC1.